The molecule has 0 aliphatic heterocycles. The van der Waals surface area contributed by atoms with Gasteiger partial charge in [0.2, 0.25) is 0 Å². The number of H-pyrrole nitrogens is 1. The summed E-state index contributed by atoms with van der Waals surface area (Å²) in [5.74, 6) is -0.824. The van der Waals surface area contributed by atoms with Gasteiger partial charge in [0.1, 0.15) is 12.0 Å². The first kappa shape index (κ1) is 26.1. The predicted molar refractivity (Wildman–Crippen MR) is 140 cm³/mol. The van der Waals surface area contributed by atoms with Crippen molar-refractivity contribution in [1.82, 2.24) is 25.3 Å². The van der Waals surface area contributed by atoms with Gasteiger partial charge in [0.25, 0.3) is 5.91 Å². The summed E-state index contributed by atoms with van der Waals surface area (Å²) in [6.07, 6.45) is 2.82. The molecule has 0 bridgehead atoms. The molecule has 11 heteroatoms. The van der Waals surface area contributed by atoms with E-state index in [9.17, 15) is 23.4 Å². The van der Waals surface area contributed by atoms with Gasteiger partial charge in [0.15, 0.2) is 9.84 Å². The largest absolute Gasteiger partial charge is 0.507 e. The van der Waals surface area contributed by atoms with Gasteiger partial charge in [0.05, 0.1) is 27.9 Å². The smallest absolute Gasteiger partial charge is 0.255 e. The van der Waals surface area contributed by atoms with Gasteiger partial charge in [-0.2, -0.15) is 10.2 Å². The number of aromatic hydroxyl groups is 1. The number of rotatable bonds is 9. The Labute approximate surface area is 214 Å². The summed E-state index contributed by atoms with van der Waals surface area (Å²) in [5, 5.41) is 34.7. The van der Waals surface area contributed by atoms with E-state index < -0.39 is 26.7 Å². The molecule has 37 heavy (non-hydrogen) atoms. The number of carbonyl (C=O) groups excluding carboxylic acids is 1. The van der Waals surface area contributed by atoms with Crippen LogP contribution in [0.4, 0.5) is 0 Å². The van der Waals surface area contributed by atoms with Crippen LogP contribution in [-0.4, -0.2) is 62.1 Å². The molecule has 4 rings (SSSR count). The van der Waals surface area contributed by atoms with Crippen molar-refractivity contribution in [3.63, 3.8) is 0 Å². The average Bonchev–Trinajstić information content (AvgIpc) is 3.52. The standard InChI is InChI=1S/C26H29N5O5S/c1-17-12-22(30-29-17)19-10-8-18(9-11-19)20-14-28-31(15-20)24(33)13-26(2,37(3,35)36)16-27-25(34)21-6-4-5-7-23(21)32/h4-12,14-15,24,32-33H,13,16H2,1-3H3,(H,27,34)(H,29,30). The molecule has 0 spiro atoms. The Bertz CT molecular complexity index is 1510. The van der Waals surface area contributed by atoms with Gasteiger partial charge in [-0.1, -0.05) is 36.4 Å². The van der Waals surface area contributed by atoms with Crippen molar-refractivity contribution in [2.45, 2.75) is 31.2 Å². The summed E-state index contributed by atoms with van der Waals surface area (Å²) in [4.78, 5) is 12.5. The first-order chi connectivity index (χ1) is 17.5. The third-order valence-corrected chi connectivity index (χ3v) is 8.52. The number of nitrogens with one attached hydrogen (secondary N) is 2. The predicted octanol–water partition coefficient (Wildman–Crippen LogP) is 3.07. The van der Waals surface area contributed by atoms with Gasteiger partial charge in [-0.3, -0.25) is 9.89 Å². The van der Waals surface area contributed by atoms with E-state index in [1.165, 1.54) is 23.7 Å². The Kier molecular flexibility index (Phi) is 7.19. The molecule has 0 fully saturated rings. The summed E-state index contributed by atoms with van der Waals surface area (Å²) in [7, 11) is -3.72. The van der Waals surface area contributed by atoms with Crippen LogP contribution < -0.4 is 5.32 Å². The Morgan fingerprint density at radius 3 is 2.43 bits per heavy atom. The van der Waals surface area contributed by atoms with Crippen molar-refractivity contribution in [3.05, 3.63) is 78.2 Å². The van der Waals surface area contributed by atoms with E-state index in [4.69, 9.17) is 0 Å². The molecule has 1 amide bonds. The van der Waals surface area contributed by atoms with Crippen LogP contribution in [0.5, 0.6) is 5.75 Å². The highest BCUT2D eigenvalue weighted by Crippen LogP contribution is 2.29. The zero-order valence-electron chi connectivity index (χ0n) is 20.7. The van der Waals surface area contributed by atoms with Crippen LogP contribution in [0.3, 0.4) is 0 Å². The molecule has 4 aromatic rings. The molecular weight excluding hydrogens is 494 g/mol. The number of carbonyl (C=O) groups is 1. The minimum absolute atomic E-state index is 0.0318. The number of aliphatic hydroxyl groups is 1. The fourth-order valence-electron chi connectivity index (χ4n) is 3.92. The maximum atomic E-state index is 12.7. The van der Waals surface area contributed by atoms with E-state index in [0.717, 1.165) is 34.3 Å². The van der Waals surface area contributed by atoms with Crippen molar-refractivity contribution in [2.24, 2.45) is 0 Å². The Hall–Kier alpha value is -3.96. The van der Waals surface area contributed by atoms with E-state index in [2.05, 4.69) is 20.6 Å². The number of benzene rings is 2. The van der Waals surface area contributed by atoms with E-state index in [0.29, 0.717) is 0 Å². The summed E-state index contributed by atoms with van der Waals surface area (Å²) >= 11 is 0. The number of phenolic OH excluding ortho intramolecular Hbond substituents is 1. The number of sulfone groups is 1. The lowest BCUT2D eigenvalue weighted by atomic mass is 10.0. The summed E-state index contributed by atoms with van der Waals surface area (Å²) in [6.45, 7) is 3.10. The maximum Gasteiger partial charge on any atom is 0.255 e. The maximum absolute atomic E-state index is 12.7. The van der Waals surface area contributed by atoms with Gasteiger partial charge < -0.3 is 15.5 Å². The summed E-state index contributed by atoms with van der Waals surface area (Å²) < 4.78 is 25.1. The normalized spacial score (nSPS) is 14.2. The molecule has 2 atom stereocenters. The number of phenols is 1. The van der Waals surface area contributed by atoms with Crippen LogP contribution in [0.2, 0.25) is 0 Å². The quantitative estimate of drug-likeness (QED) is 0.263. The molecule has 2 unspecified atom stereocenters. The first-order valence-corrected chi connectivity index (χ1v) is 13.5. The third-order valence-electron chi connectivity index (χ3n) is 6.42. The minimum Gasteiger partial charge on any atom is -0.507 e. The van der Waals surface area contributed by atoms with Gasteiger partial charge >= 0.3 is 0 Å². The lowest BCUT2D eigenvalue weighted by Crippen LogP contribution is -2.47. The van der Waals surface area contributed by atoms with Gasteiger partial charge in [-0.15, -0.1) is 0 Å². The van der Waals surface area contributed by atoms with Crippen molar-refractivity contribution in [2.75, 3.05) is 12.8 Å². The number of nitrogens with zero attached hydrogens (tertiary/aromatic N) is 3. The molecule has 0 saturated heterocycles. The Morgan fingerprint density at radius 1 is 1.14 bits per heavy atom. The van der Waals surface area contributed by atoms with Crippen molar-refractivity contribution >= 4 is 15.7 Å². The molecular formula is C26H29N5O5S. The zero-order chi connectivity index (χ0) is 26.8. The second kappa shape index (κ2) is 10.2. The summed E-state index contributed by atoms with van der Waals surface area (Å²) in [6, 6.07) is 15.7. The number of aromatic amines is 1. The second-order valence-corrected chi connectivity index (χ2v) is 11.8. The Morgan fingerprint density at radius 2 is 1.81 bits per heavy atom. The van der Waals surface area contributed by atoms with E-state index in [1.807, 2.05) is 37.3 Å². The monoisotopic (exact) mass is 523 g/mol. The third kappa shape index (κ3) is 5.73. The van der Waals surface area contributed by atoms with Crippen LogP contribution in [0, 0.1) is 6.92 Å². The van der Waals surface area contributed by atoms with Gasteiger partial charge in [-0.05, 0) is 43.2 Å². The highest BCUT2D eigenvalue weighted by molar-refractivity contribution is 7.92. The van der Waals surface area contributed by atoms with Crippen molar-refractivity contribution in [1.29, 1.82) is 0 Å². The SMILES string of the molecule is Cc1cc(-c2ccc(-c3cnn(C(O)CC(C)(CNC(=O)c4ccccc4O)S(C)(=O)=O)c3)cc2)[nH]n1. The van der Waals surface area contributed by atoms with Crippen LogP contribution in [-0.2, 0) is 9.84 Å². The fraction of sp³-hybridized carbons (Fsp3) is 0.269. The van der Waals surface area contributed by atoms with Crippen LogP contribution in [0.25, 0.3) is 22.4 Å². The Balaban J connectivity index is 1.47. The second-order valence-electron chi connectivity index (χ2n) is 9.32. The number of amides is 1. The molecule has 2 heterocycles. The van der Waals surface area contributed by atoms with E-state index in [-0.39, 0.29) is 24.3 Å². The highest BCUT2D eigenvalue weighted by atomic mass is 32.2. The topological polar surface area (TPSA) is 150 Å². The molecule has 0 radical (unpaired) electrons. The number of aromatic nitrogens is 4. The van der Waals surface area contributed by atoms with Crippen molar-refractivity contribution < 1.29 is 23.4 Å². The molecule has 10 nitrogen and oxygen atoms in total. The number of aliphatic hydroxyl groups excluding tert-OH is 1. The van der Waals surface area contributed by atoms with Crippen LogP contribution in [0.1, 0.15) is 35.6 Å². The number of para-hydroxylation sites is 1. The van der Waals surface area contributed by atoms with Gasteiger partial charge in [0, 0.05) is 31.0 Å². The zero-order valence-corrected chi connectivity index (χ0v) is 21.5. The first-order valence-electron chi connectivity index (χ1n) is 11.6. The molecule has 194 valence electrons. The van der Waals surface area contributed by atoms with E-state index in [1.54, 1.807) is 24.5 Å². The molecule has 2 aromatic heterocycles. The molecule has 0 saturated carbocycles. The van der Waals surface area contributed by atoms with Gasteiger partial charge in [-0.25, -0.2) is 13.1 Å². The number of hydrogen-bond donors (Lipinski definition) is 4. The van der Waals surface area contributed by atoms with Crippen LogP contribution in [0.15, 0.2) is 67.0 Å². The van der Waals surface area contributed by atoms with Crippen LogP contribution >= 0.6 is 0 Å². The molecule has 4 N–H and O–H groups in total. The highest BCUT2D eigenvalue weighted by Gasteiger charge is 2.39. The summed E-state index contributed by atoms with van der Waals surface area (Å²) in [5.41, 5.74) is 4.44. The fourth-order valence-corrected chi connectivity index (χ4v) is 4.71. The lowest BCUT2D eigenvalue weighted by Gasteiger charge is -2.30. The average molecular weight is 524 g/mol. The number of aryl methyl sites for hydroxylation is 1. The lowest BCUT2D eigenvalue weighted by molar-refractivity contribution is 0.0689. The minimum atomic E-state index is -3.72. The van der Waals surface area contributed by atoms with E-state index >= 15 is 0 Å². The van der Waals surface area contributed by atoms with Crippen molar-refractivity contribution in [3.8, 4) is 28.1 Å². The molecule has 0 aliphatic carbocycles. The molecule has 0 aliphatic rings. The molecule has 2 aromatic carbocycles. The number of hydrogen-bond acceptors (Lipinski definition) is 7.